The van der Waals surface area contributed by atoms with Crippen LogP contribution in [0.15, 0.2) is 66.9 Å². The summed E-state index contributed by atoms with van der Waals surface area (Å²) in [7, 11) is 3.08. The lowest BCUT2D eigenvalue weighted by atomic mass is 10.1. The van der Waals surface area contributed by atoms with Gasteiger partial charge in [0.25, 0.3) is 5.91 Å². The largest absolute Gasteiger partial charge is 0.493 e. The summed E-state index contributed by atoms with van der Waals surface area (Å²) in [5, 5.41) is 9.36. The van der Waals surface area contributed by atoms with E-state index >= 15 is 0 Å². The molecule has 2 heterocycles. The predicted octanol–water partition coefficient (Wildman–Crippen LogP) is 5.25. The summed E-state index contributed by atoms with van der Waals surface area (Å²) >= 11 is 0. The molecule has 178 valence electrons. The summed E-state index contributed by atoms with van der Waals surface area (Å²) in [5.41, 5.74) is 3.03. The Balaban J connectivity index is 1.43. The summed E-state index contributed by atoms with van der Waals surface area (Å²) in [5.74, 6) is 3.40. The number of hydrogen-bond acceptors (Lipinski definition) is 8. The highest BCUT2D eigenvalue weighted by atomic mass is 16.5. The fourth-order valence-corrected chi connectivity index (χ4v) is 3.40. The van der Waals surface area contributed by atoms with Crippen molar-refractivity contribution < 1.29 is 14.3 Å². The Morgan fingerprint density at radius 2 is 1.43 bits per heavy atom. The molecule has 0 radical (unpaired) electrons. The third-order valence-electron chi connectivity index (χ3n) is 5.07. The zero-order valence-electron chi connectivity index (χ0n) is 19.9. The maximum Gasteiger partial charge on any atom is 0.255 e. The molecule has 4 aromatic rings. The van der Waals surface area contributed by atoms with Crippen LogP contribution in [0, 0.1) is 13.8 Å². The first kappa shape index (κ1) is 23.5. The van der Waals surface area contributed by atoms with Crippen LogP contribution in [0.25, 0.3) is 0 Å². The Bertz CT molecular complexity index is 1340. The van der Waals surface area contributed by atoms with Gasteiger partial charge in [0.2, 0.25) is 0 Å². The zero-order chi connectivity index (χ0) is 24.8. The minimum absolute atomic E-state index is 0.251. The van der Waals surface area contributed by atoms with Gasteiger partial charge in [-0.3, -0.25) is 4.79 Å². The molecule has 0 bridgehead atoms. The van der Waals surface area contributed by atoms with Crippen LogP contribution in [0.2, 0.25) is 0 Å². The van der Waals surface area contributed by atoms with Gasteiger partial charge in [0.15, 0.2) is 11.5 Å². The lowest BCUT2D eigenvalue weighted by Crippen LogP contribution is -2.12. The van der Waals surface area contributed by atoms with E-state index < -0.39 is 0 Å². The number of hydrogen-bond donors (Lipinski definition) is 3. The van der Waals surface area contributed by atoms with Crippen LogP contribution in [0.5, 0.6) is 11.5 Å². The summed E-state index contributed by atoms with van der Waals surface area (Å²) in [6, 6.07) is 18.0. The number of aryl methyl sites for hydroxylation is 2. The van der Waals surface area contributed by atoms with E-state index in [1.165, 1.54) is 7.11 Å². The normalized spacial score (nSPS) is 10.4. The molecule has 4 rings (SSSR count). The number of pyridine rings is 1. The summed E-state index contributed by atoms with van der Waals surface area (Å²) in [6.45, 7) is 3.83. The van der Waals surface area contributed by atoms with E-state index in [0.717, 1.165) is 11.3 Å². The highest BCUT2D eigenvalue weighted by molar-refractivity contribution is 6.04. The number of nitrogens with one attached hydrogen (secondary N) is 3. The Hall–Kier alpha value is -4.66. The average Bonchev–Trinajstić information content (AvgIpc) is 2.84. The molecule has 0 aliphatic carbocycles. The van der Waals surface area contributed by atoms with Crippen molar-refractivity contribution in [3.63, 3.8) is 0 Å². The van der Waals surface area contributed by atoms with Crippen molar-refractivity contribution in [3.8, 4) is 11.5 Å². The minimum Gasteiger partial charge on any atom is -0.493 e. The first-order valence-electron chi connectivity index (χ1n) is 10.9. The van der Waals surface area contributed by atoms with Crippen molar-refractivity contribution in [1.82, 2.24) is 15.0 Å². The van der Waals surface area contributed by atoms with Crippen molar-refractivity contribution in [2.45, 2.75) is 13.8 Å². The lowest BCUT2D eigenvalue weighted by Gasteiger charge is -2.12. The van der Waals surface area contributed by atoms with Gasteiger partial charge in [0.1, 0.15) is 23.3 Å². The lowest BCUT2D eigenvalue weighted by molar-refractivity contribution is 0.102. The third kappa shape index (κ3) is 6.02. The quantitative estimate of drug-likeness (QED) is 0.320. The van der Waals surface area contributed by atoms with Crippen LogP contribution in [-0.4, -0.2) is 35.1 Å². The first-order chi connectivity index (χ1) is 16.9. The smallest absolute Gasteiger partial charge is 0.255 e. The van der Waals surface area contributed by atoms with Crippen LogP contribution >= 0.6 is 0 Å². The molecule has 9 nitrogen and oxygen atoms in total. The molecule has 0 saturated carbocycles. The molecule has 2 aromatic heterocycles. The molecule has 9 heteroatoms. The Kier molecular flexibility index (Phi) is 7.06. The number of rotatable bonds is 8. The maximum atomic E-state index is 12.7. The van der Waals surface area contributed by atoms with E-state index in [4.69, 9.17) is 9.47 Å². The van der Waals surface area contributed by atoms with E-state index in [9.17, 15) is 4.79 Å². The molecule has 0 aliphatic heterocycles. The molecule has 35 heavy (non-hydrogen) atoms. The van der Waals surface area contributed by atoms with Crippen LogP contribution in [0.1, 0.15) is 21.7 Å². The predicted molar refractivity (Wildman–Crippen MR) is 136 cm³/mol. The van der Waals surface area contributed by atoms with Crippen LogP contribution < -0.4 is 25.4 Å². The summed E-state index contributed by atoms with van der Waals surface area (Å²) in [6.07, 6.45) is 1.75. The number of nitrogens with zero attached hydrogens (tertiary/aromatic N) is 3. The van der Waals surface area contributed by atoms with Crippen molar-refractivity contribution in [2.24, 2.45) is 0 Å². The molecular weight excluding hydrogens is 444 g/mol. The maximum absolute atomic E-state index is 12.7. The van der Waals surface area contributed by atoms with E-state index in [-0.39, 0.29) is 5.91 Å². The number of carbonyl (C=O) groups is 1. The second kappa shape index (κ2) is 10.5. The standard InChI is InChI=1S/C26H26N6O3/c1-16-11-12-27-23(13-16)32-25-15-24(28-17(2)29-25)30-19-6-8-20(9-7-19)31-26(33)18-5-10-21(34-3)22(14-18)35-4/h5-15H,1-4H3,(H,31,33)(H2,27,28,29,30,32). The topological polar surface area (TPSA) is 110 Å². The molecule has 0 saturated heterocycles. The first-order valence-corrected chi connectivity index (χ1v) is 10.9. The van der Waals surface area contributed by atoms with Gasteiger partial charge in [-0.05, 0) is 74.0 Å². The van der Waals surface area contributed by atoms with Crippen molar-refractivity contribution in [3.05, 3.63) is 83.8 Å². The molecule has 1 amide bonds. The van der Waals surface area contributed by atoms with Gasteiger partial charge in [-0.2, -0.15) is 0 Å². The molecule has 0 atom stereocenters. The Labute approximate surface area is 203 Å². The SMILES string of the molecule is COc1ccc(C(=O)Nc2ccc(Nc3cc(Nc4cc(C)ccn4)nc(C)n3)cc2)cc1OC. The Morgan fingerprint density at radius 3 is 2.11 bits per heavy atom. The van der Waals surface area contributed by atoms with E-state index in [0.29, 0.717) is 46.0 Å². The van der Waals surface area contributed by atoms with Gasteiger partial charge in [-0.1, -0.05) is 0 Å². The zero-order valence-corrected chi connectivity index (χ0v) is 19.9. The molecule has 2 aromatic carbocycles. The molecule has 0 fully saturated rings. The Morgan fingerprint density at radius 1 is 0.743 bits per heavy atom. The number of carbonyl (C=O) groups excluding carboxylic acids is 1. The van der Waals surface area contributed by atoms with E-state index in [1.807, 2.05) is 56.3 Å². The van der Waals surface area contributed by atoms with Crippen molar-refractivity contribution in [1.29, 1.82) is 0 Å². The second-order valence-electron chi connectivity index (χ2n) is 7.76. The fourth-order valence-electron chi connectivity index (χ4n) is 3.40. The minimum atomic E-state index is -0.251. The molecular formula is C26H26N6O3. The molecule has 0 unspecified atom stereocenters. The number of aromatic nitrogens is 3. The fraction of sp³-hybridized carbons (Fsp3) is 0.154. The molecule has 0 spiro atoms. The van der Waals surface area contributed by atoms with Crippen LogP contribution in [0.4, 0.5) is 28.8 Å². The number of benzene rings is 2. The van der Waals surface area contributed by atoms with Crippen LogP contribution in [-0.2, 0) is 0 Å². The van der Waals surface area contributed by atoms with Gasteiger partial charge in [-0.15, -0.1) is 0 Å². The number of methoxy groups -OCH3 is 2. The van der Waals surface area contributed by atoms with Crippen LogP contribution in [0.3, 0.4) is 0 Å². The van der Waals surface area contributed by atoms with Gasteiger partial charge < -0.3 is 25.4 Å². The third-order valence-corrected chi connectivity index (χ3v) is 5.07. The van der Waals surface area contributed by atoms with Gasteiger partial charge in [-0.25, -0.2) is 15.0 Å². The van der Waals surface area contributed by atoms with Crippen molar-refractivity contribution >= 4 is 34.7 Å². The van der Waals surface area contributed by atoms with Gasteiger partial charge in [0, 0.05) is 29.2 Å². The van der Waals surface area contributed by atoms with E-state index in [1.54, 1.807) is 31.5 Å². The van der Waals surface area contributed by atoms with Crippen molar-refractivity contribution in [2.75, 3.05) is 30.2 Å². The molecule has 0 aliphatic rings. The number of ether oxygens (including phenoxy) is 2. The summed E-state index contributed by atoms with van der Waals surface area (Å²) in [4.78, 5) is 25.9. The highest BCUT2D eigenvalue weighted by Gasteiger charge is 2.11. The van der Waals surface area contributed by atoms with Gasteiger partial charge >= 0.3 is 0 Å². The second-order valence-corrected chi connectivity index (χ2v) is 7.76. The van der Waals surface area contributed by atoms with E-state index in [2.05, 4.69) is 30.9 Å². The van der Waals surface area contributed by atoms with Gasteiger partial charge in [0.05, 0.1) is 14.2 Å². The monoisotopic (exact) mass is 470 g/mol. The molecule has 3 N–H and O–H groups in total. The average molecular weight is 471 g/mol. The number of amides is 1. The number of anilines is 5. The highest BCUT2D eigenvalue weighted by Crippen LogP contribution is 2.28. The summed E-state index contributed by atoms with van der Waals surface area (Å²) < 4.78 is 10.5.